The molecule has 2 saturated heterocycles. The van der Waals surface area contributed by atoms with E-state index in [-0.39, 0.29) is 19.1 Å². The lowest BCUT2D eigenvalue weighted by atomic mass is 9.96. The van der Waals surface area contributed by atoms with Gasteiger partial charge >= 0.3 is 18.4 Å². The molecule has 52 heavy (non-hydrogen) atoms. The highest BCUT2D eigenvalue weighted by Gasteiger charge is 2.43. The van der Waals surface area contributed by atoms with Crippen LogP contribution in [0.4, 0.5) is 37.0 Å². The molecule has 16 heteroatoms. The number of hydrogen-bond acceptors (Lipinski definition) is 6. The molecule has 2 atom stereocenters. The van der Waals surface area contributed by atoms with Crippen LogP contribution in [0.15, 0.2) is 60.9 Å². The fourth-order valence-electron chi connectivity index (χ4n) is 6.39. The van der Waals surface area contributed by atoms with Gasteiger partial charge in [0.1, 0.15) is 30.1 Å². The molecular formula is C36H38F6N5O5+. The van der Waals surface area contributed by atoms with Crippen molar-refractivity contribution in [2.24, 2.45) is 14.1 Å². The number of carbonyl (C=O) groups is 2. The first-order chi connectivity index (χ1) is 24.5. The number of benzene rings is 2. The van der Waals surface area contributed by atoms with Gasteiger partial charge in [-0.15, -0.1) is 0 Å². The Hall–Kier alpha value is -5.28. The maximum Gasteiger partial charge on any atom is 0.416 e. The number of halogens is 6. The molecule has 1 amide bonds. The Balaban J connectivity index is 0.00000168. The second-order valence-electron chi connectivity index (χ2n) is 12.6. The van der Waals surface area contributed by atoms with Gasteiger partial charge in [-0.25, -0.2) is 18.9 Å². The van der Waals surface area contributed by atoms with Crippen LogP contribution in [0.5, 0.6) is 5.75 Å². The third-order valence-corrected chi connectivity index (χ3v) is 9.31. The number of methoxy groups -OCH3 is 1. The summed E-state index contributed by atoms with van der Waals surface area (Å²) in [7, 11) is 5.53. The number of ether oxygens (including phenoxy) is 2. The van der Waals surface area contributed by atoms with Crippen LogP contribution in [0, 0.1) is 0 Å². The minimum Gasteiger partial charge on any atom is -0.496 e. The zero-order valence-corrected chi connectivity index (χ0v) is 28.8. The van der Waals surface area contributed by atoms with E-state index in [2.05, 4.69) is 14.0 Å². The summed E-state index contributed by atoms with van der Waals surface area (Å²) >= 11 is 0. The number of nitrogens with zero attached hydrogens (tertiary/aromatic N) is 5. The highest BCUT2D eigenvalue weighted by molar-refractivity contribution is 5.76. The number of amides is 1. The van der Waals surface area contributed by atoms with Crippen molar-refractivity contribution < 1.29 is 55.1 Å². The number of aryl methyl sites for hydroxylation is 3. The third kappa shape index (κ3) is 8.10. The molecule has 2 aromatic heterocycles. The lowest BCUT2D eigenvalue weighted by molar-refractivity contribution is -0.678. The van der Waals surface area contributed by atoms with Crippen molar-refractivity contribution in [1.82, 2.24) is 14.5 Å². The van der Waals surface area contributed by atoms with E-state index in [1.54, 1.807) is 7.11 Å². The van der Waals surface area contributed by atoms with Crippen molar-refractivity contribution in [3.8, 4) is 16.9 Å². The van der Waals surface area contributed by atoms with Gasteiger partial charge in [-0.2, -0.15) is 26.3 Å². The average Bonchev–Trinajstić information content (AvgIpc) is 3.53. The van der Waals surface area contributed by atoms with Gasteiger partial charge in [0.05, 0.1) is 57.0 Å². The molecule has 0 unspecified atom stereocenters. The molecule has 0 radical (unpaired) electrons. The monoisotopic (exact) mass is 734 g/mol. The highest BCUT2D eigenvalue weighted by atomic mass is 19.4. The molecule has 0 aliphatic carbocycles. The second-order valence-corrected chi connectivity index (χ2v) is 12.6. The smallest absolute Gasteiger partial charge is 0.416 e. The molecule has 2 fully saturated rings. The first-order valence-electron chi connectivity index (χ1n) is 16.3. The SMILES string of the molecule is COc1ccc(CCc2n(C)cc[n+]2C)cc1-c1ccc(N2CCC2)nc1CN1C(=O)O[C@H](c2cc(C(F)(F)F)cc(C(F)(F)F)c2)[C@@H]1C.O=CO. The number of carboxylic acid groups (broad SMARTS) is 1. The quantitative estimate of drug-likeness (QED) is 0.116. The number of rotatable bonds is 9. The predicted octanol–water partition coefficient (Wildman–Crippen LogP) is 6.74. The molecule has 6 rings (SSSR count). The van der Waals surface area contributed by atoms with E-state index < -0.39 is 47.3 Å². The molecule has 4 aromatic rings. The van der Waals surface area contributed by atoms with Crippen LogP contribution < -0.4 is 14.2 Å². The van der Waals surface area contributed by atoms with E-state index in [1.165, 1.54) is 11.8 Å². The van der Waals surface area contributed by atoms with Crippen LogP contribution in [0.1, 0.15) is 53.2 Å². The van der Waals surface area contributed by atoms with Gasteiger partial charge in [0.2, 0.25) is 0 Å². The molecule has 0 spiro atoms. The number of aromatic nitrogens is 3. The summed E-state index contributed by atoms with van der Waals surface area (Å²) in [5.74, 6) is 2.41. The Morgan fingerprint density at radius 1 is 1.00 bits per heavy atom. The number of anilines is 1. The van der Waals surface area contributed by atoms with Crippen molar-refractivity contribution in [2.45, 2.75) is 57.2 Å². The molecule has 278 valence electrons. The number of cyclic esters (lactones) is 1. The van der Waals surface area contributed by atoms with E-state index in [0.717, 1.165) is 49.3 Å². The van der Waals surface area contributed by atoms with Crippen LogP contribution in [0.2, 0.25) is 0 Å². The molecule has 10 nitrogen and oxygen atoms in total. The third-order valence-electron chi connectivity index (χ3n) is 9.31. The van der Waals surface area contributed by atoms with Gasteiger partial charge in [-0.3, -0.25) is 9.69 Å². The Bertz CT molecular complexity index is 1870. The van der Waals surface area contributed by atoms with Gasteiger partial charge < -0.3 is 19.5 Å². The fraction of sp³-hybridized carbons (Fsp3) is 0.389. The maximum atomic E-state index is 13.6. The lowest BCUT2D eigenvalue weighted by Crippen LogP contribution is -2.38. The first kappa shape index (κ1) is 38.0. The number of pyridine rings is 1. The minimum atomic E-state index is -5.04. The van der Waals surface area contributed by atoms with Gasteiger partial charge in [0.25, 0.3) is 12.3 Å². The van der Waals surface area contributed by atoms with Crippen molar-refractivity contribution in [1.29, 1.82) is 0 Å². The van der Waals surface area contributed by atoms with Crippen LogP contribution in [0.3, 0.4) is 0 Å². The first-order valence-corrected chi connectivity index (χ1v) is 16.3. The van der Waals surface area contributed by atoms with Crippen molar-refractivity contribution >= 4 is 18.4 Å². The van der Waals surface area contributed by atoms with Crippen molar-refractivity contribution in [3.63, 3.8) is 0 Å². The van der Waals surface area contributed by atoms with Gasteiger partial charge in [0, 0.05) is 24.2 Å². The van der Waals surface area contributed by atoms with E-state index >= 15 is 0 Å². The topological polar surface area (TPSA) is 101 Å². The van der Waals surface area contributed by atoms with Crippen LogP contribution in [0.25, 0.3) is 11.1 Å². The van der Waals surface area contributed by atoms with Crippen LogP contribution in [-0.2, 0) is 55.4 Å². The zero-order valence-electron chi connectivity index (χ0n) is 28.8. The zero-order chi connectivity index (χ0) is 38.0. The molecule has 2 aliphatic rings. The summed E-state index contributed by atoms with van der Waals surface area (Å²) in [5.41, 5.74) is -0.412. The summed E-state index contributed by atoms with van der Waals surface area (Å²) < 4.78 is 97.2. The Labute approximate surface area is 295 Å². The summed E-state index contributed by atoms with van der Waals surface area (Å²) in [6, 6.07) is 10.0. The second kappa shape index (κ2) is 15.1. The summed E-state index contributed by atoms with van der Waals surface area (Å²) in [6.07, 6.45) is -5.85. The number of hydrogen-bond donors (Lipinski definition) is 1. The molecule has 2 aliphatic heterocycles. The van der Waals surface area contributed by atoms with Gasteiger partial charge in [0.15, 0.2) is 0 Å². The number of imidazole rings is 1. The van der Waals surface area contributed by atoms with Gasteiger partial charge in [-0.05, 0) is 73.4 Å². The summed E-state index contributed by atoms with van der Waals surface area (Å²) in [5, 5.41) is 6.89. The van der Waals surface area contributed by atoms with E-state index in [9.17, 15) is 31.1 Å². The summed E-state index contributed by atoms with van der Waals surface area (Å²) in [6.45, 7) is 2.79. The normalized spacial score (nSPS) is 17.3. The van der Waals surface area contributed by atoms with E-state index in [4.69, 9.17) is 24.4 Å². The van der Waals surface area contributed by atoms with Crippen molar-refractivity contribution in [3.05, 3.63) is 94.7 Å². The Morgan fingerprint density at radius 2 is 1.65 bits per heavy atom. The van der Waals surface area contributed by atoms with Crippen LogP contribution in [-0.4, -0.2) is 58.4 Å². The molecule has 0 saturated carbocycles. The lowest BCUT2D eigenvalue weighted by Gasteiger charge is -2.33. The van der Waals surface area contributed by atoms with E-state index in [0.29, 0.717) is 35.0 Å². The number of alkyl halides is 6. The van der Waals surface area contributed by atoms with Gasteiger partial charge in [-0.1, -0.05) is 6.07 Å². The largest absolute Gasteiger partial charge is 0.496 e. The Morgan fingerprint density at radius 3 is 2.19 bits per heavy atom. The number of carbonyl (C=O) groups excluding carboxylic acids is 1. The predicted molar refractivity (Wildman–Crippen MR) is 176 cm³/mol. The molecule has 4 heterocycles. The standard InChI is InChI=1S/C35H36F6N5O3.CH2O2/c1-21-32(23-17-24(34(36,37)38)19-25(18-23)35(39,40)41)49-33(47)46(21)20-28-26(8-10-30(42-28)45-12-5-13-45)27-16-22(6-9-29(27)48-4)7-11-31-43(2)14-15-44(31)3;2-1-3/h6,8-10,14-19,21,32H,5,7,11-13,20H2,1-4H3;1H,(H,2,3)/q+1;/t21-,32-;/m0./s1. The maximum absolute atomic E-state index is 13.6. The minimum absolute atomic E-state index is 0.0571. The Kier molecular flexibility index (Phi) is 11.1. The molecule has 2 aromatic carbocycles. The molecule has 1 N–H and O–H groups in total. The van der Waals surface area contributed by atoms with E-state index in [1.807, 2.05) is 56.8 Å². The van der Waals surface area contributed by atoms with Crippen LogP contribution >= 0.6 is 0 Å². The average molecular weight is 735 g/mol. The molecule has 0 bridgehead atoms. The molecular weight excluding hydrogens is 696 g/mol. The summed E-state index contributed by atoms with van der Waals surface area (Å²) in [4.78, 5) is 29.9. The fourth-order valence-corrected chi connectivity index (χ4v) is 6.39. The van der Waals surface area contributed by atoms with Crippen molar-refractivity contribution in [2.75, 3.05) is 25.1 Å². The highest BCUT2D eigenvalue weighted by Crippen LogP contribution is 2.42.